The fraction of sp³-hybridized carbons (Fsp3) is 0.148. The van der Waals surface area contributed by atoms with E-state index in [2.05, 4.69) is 10.5 Å². The molecule has 34 heavy (non-hydrogen) atoms. The summed E-state index contributed by atoms with van der Waals surface area (Å²) in [6, 6.07) is 22.1. The number of hydrogen-bond donors (Lipinski definition) is 1. The zero-order valence-electron chi connectivity index (χ0n) is 19.0. The molecule has 0 aliphatic carbocycles. The molecule has 1 aliphatic heterocycles. The second-order valence-corrected chi connectivity index (χ2v) is 8.78. The van der Waals surface area contributed by atoms with Crippen LogP contribution >= 0.6 is 12.2 Å². The van der Waals surface area contributed by atoms with Crippen molar-refractivity contribution >= 4 is 28.6 Å². The quantitative estimate of drug-likeness (QED) is 0.350. The van der Waals surface area contributed by atoms with Gasteiger partial charge >= 0.3 is 0 Å². The van der Waals surface area contributed by atoms with Crippen LogP contribution in [0, 0.1) is 19.7 Å². The second kappa shape index (κ2) is 8.83. The Kier molecular flexibility index (Phi) is 5.71. The maximum absolute atomic E-state index is 13.7. The van der Waals surface area contributed by atoms with Crippen LogP contribution in [-0.2, 0) is 0 Å². The van der Waals surface area contributed by atoms with Crippen LogP contribution in [0.4, 0.5) is 10.1 Å². The van der Waals surface area contributed by atoms with Crippen molar-refractivity contribution in [3.8, 4) is 11.4 Å². The Morgan fingerprint density at radius 1 is 0.941 bits per heavy atom. The van der Waals surface area contributed by atoms with Gasteiger partial charge in [-0.25, -0.2) is 4.39 Å². The Balaban J connectivity index is 1.65. The first-order valence-corrected chi connectivity index (χ1v) is 11.4. The van der Waals surface area contributed by atoms with Gasteiger partial charge in [-0.1, -0.05) is 58.7 Å². The first-order valence-electron chi connectivity index (χ1n) is 11.0. The highest BCUT2D eigenvalue weighted by Gasteiger charge is 2.34. The molecule has 3 aromatic carbocycles. The van der Waals surface area contributed by atoms with Gasteiger partial charge in [-0.3, -0.25) is 4.90 Å². The first kappa shape index (κ1) is 22.0. The Morgan fingerprint density at radius 2 is 1.68 bits per heavy atom. The second-order valence-electron chi connectivity index (χ2n) is 8.40. The summed E-state index contributed by atoms with van der Waals surface area (Å²) in [4.78, 5) is 6.70. The zero-order valence-corrected chi connectivity index (χ0v) is 19.9. The Hall–Kier alpha value is -3.84. The lowest BCUT2D eigenvalue weighted by atomic mass is 9.94. The van der Waals surface area contributed by atoms with E-state index in [0.717, 1.165) is 39.2 Å². The summed E-state index contributed by atoms with van der Waals surface area (Å²) in [6.45, 7) is 6.04. The molecular formula is C27H23FN4OS. The number of aromatic nitrogens is 2. The van der Waals surface area contributed by atoms with Crippen molar-refractivity contribution in [2.75, 3.05) is 4.90 Å². The summed E-state index contributed by atoms with van der Waals surface area (Å²) in [5, 5.41) is 8.19. The van der Waals surface area contributed by atoms with Gasteiger partial charge in [-0.15, -0.1) is 0 Å². The number of aryl methyl sites for hydroxylation is 2. The predicted molar refractivity (Wildman–Crippen MR) is 136 cm³/mol. The number of nitrogens with one attached hydrogen (secondary N) is 1. The highest BCUT2D eigenvalue weighted by molar-refractivity contribution is 7.80. The molecule has 1 N–H and O–H groups in total. The number of halogens is 1. The van der Waals surface area contributed by atoms with Crippen LogP contribution in [0.1, 0.15) is 35.5 Å². The molecule has 5 nitrogen and oxygen atoms in total. The molecule has 5 rings (SSSR count). The monoisotopic (exact) mass is 470 g/mol. The fourth-order valence-corrected chi connectivity index (χ4v) is 4.52. The Morgan fingerprint density at radius 3 is 2.38 bits per heavy atom. The van der Waals surface area contributed by atoms with Gasteiger partial charge in [0, 0.05) is 16.9 Å². The summed E-state index contributed by atoms with van der Waals surface area (Å²) < 4.78 is 19.4. The summed E-state index contributed by atoms with van der Waals surface area (Å²) in [6.07, 6.45) is 0. The van der Waals surface area contributed by atoms with Gasteiger partial charge in [0.2, 0.25) is 5.82 Å². The summed E-state index contributed by atoms with van der Waals surface area (Å²) in [5.41, 5.74) is 6.56. The van der Waals surface area contributed by atoms with Gasteiger partial charge < -0.3 is 9.84 Å². The van der Waals surface area contributed by atoms with E-state index >= 15 is 0 Å². The van der Waals surface area contributed by atoms with Crippen LogP contribution in [0.5, 0.6) is 0 Å². The smallest absolute Gasteiger partial charge is 0.258 e. The molecular weight excluding hydrogens is 447 g/mol. The van der Waals surface area contributed by atoms with E-state index < -0.39 is 0 Å². The minimum absolute atomic E-state index is 0.301. The third-order valence-electron chi connectivity index (χ3n) is 5.91. The summed E-state index contributed by atoms with van der Waals surface area (Å²) >= 11 is 5.76. The van der Waals surface area contributed by atoms with Crippen molar-refractivity contribution < 1.29 is 8.91 Å². The van der Waals surface area contributed by atoms with E-state index in [9.17, 15) is 4.39 Å². The van der Waals surface area contributed by atoms with Crippen LogP contribution < -0.4 is 10.2 Å². The lowest BCUT2D eigenvalue weighted by molar-refractivity contribution is 0.404. The molecule has 0 spiro atoms. The van der Waals surface area contributed by atoms with Crippen LogP contribution in [0.25, 0.3) is 17.0 Å². The van der Waals surface area contributed by atoms with E-state index in [1.54, 1.807) is 12.1 Å². The standard InChI is InChI=1S/C27H23FN4OS/c1-16-7-13-22(14-8-16)32-18(3)23(24(29-27(32)34)19-9-11-21(28)12-10-19)26-30-25(31-33-26)20-6-4-5-17(2)15-20/h4-15,24H,1-3H3,(H,29,34). The molecule has 4 aromatic rings. The first-order chi connectivity index (χ1) is 16.4. The van der Waals surface area contributed by atoms with E-state index in [-0.39, 0.29) is 11.9 Å². The molecule has 0 bridgehead atoms. The number of anilines is 1. The number of hydrogen-bond acceptors (Lipinski definition) is 4. The predicted octanol–water partition coefficient (Wildman–Crippen LogP) is 6.36. The molecule has 1 aromatic heterocycles. The molecule has 0 amide bonds. The fourth-order valence-electron chi connectivity index (χ4n) is 4.16. The van der Waals surface area contributed by atoms with Gasteiger partial charge in [0.05, 0.1) is 11.6 Å². The van der Waals surface area contributed by atoms with Gasteiger partial charge in [-0.2, -0.15) is 4.98 Å². The lowest BCUT2D eigenvalue weighted by Gasteiger charge is -2.37. The van der Waals surface area contributed by atoms with Crippen molar-refractivity contribution in [3.05, 3.63) is 107 Å². The Bertz CT molecular complexity index is 1390. The van der Waals surface area contributed by atoms with Crippen LogP contribution in [0.15, 0.2) is 83.0 Å². The molecule has 1 aliphatic rings. The van der Waals surface area contributed by atoms with Crippen LogP contribution in [0.3, 0.4) is 0 Å². The minimum Gasteiger partial charge on any atom is -0.351 e. The molecule has 0 saturated heterocycles. The van der Waals surface area contributed by atoms with E-state index in [1.165, 1.54) is 12.1 Å². The minimum atomic E-state index is -0.374. The number of thiocarbonyl (C=S) groups is 1. The van der Waals surface area contributed by atoms with Crippen molar-refractivity contribution in [1.29, 1.82) is 0 Å². The van der Waals surface area contributed by atoms with Crippen LogP contribution in [0.2, 0.25) is 0 Å². The number of rotatable bonds is 4. The van der Waals surface area contributed by atoms with Gasteiger partial charge in [0.25, 0.3) is 5.89 Å². The molecule has 1 unspecified atom stereocenters. The highest BCUT2D eigenvalue weighted by atomic mass is 32.1. The van der Waals surface area contributed by atoms with E-state index in [4.69, 9.17) is 21.7 Å². The average molecular weight is 471 g/mol. The van der Waals surface area contributed by atoms with Gasteiger partial charge in [0.15, 0.2) is 5.11 Å². The molecule has 1 atom stereocenters. The molecule has 0 fully saturated rings. The summed E-state index contributed by atoms with van der Waals surface area (Å²) in [5.74, 6) is 0.590. The van der Waals surface area contributed by atoms with E-state index in [1.807, 2.05) is 74.2 Å². The maximum Gasteiger partial charge on any atom is 0.258 e. The third kappa shape index (κ3) is 4.10. The SMILES string of the molecule is CC1=C(c2nc(-c3cccc(C)c3)no2)C(c2ccc(F)cc2)NC(=S)N1c1ccc(C)cc1. The molecule has 7 heteroatoms. The summed E-state index contributed by atoms with van der Waals surface area (Å²) in [7, 11) is 0. The topological polar surface area (TPSA) is 54.2 Å². The largest absolute Gasteiger partial charge is 0.351 e. The van der Waals surface area contributed by atoms with E-state index in [0.29, 0.717) is 16.8 Å². The number of benzene rings is 3. The zero-order chi connectivity index (χ0) is 23.8. The molecule has 170 valence electrons. The molecule has 0 saturated carbocycles. The number of nitrogens with zero attached hydrogens (tertiary/aromatic N) is 3. The van der Waals surface area contributed by atoms with Crippen molar-refractivity contribution in [2.24, 2.45) is 0 Å². The maximum atomic E-state index is 13.7. The van der Waals surface area contributed by atoms with Crippen LogP contribution in [-0.4, -0.2) is 15.3 Å². The number of allylic oxidation sites excluding steroid dienone is 1. The van der Waals surface area contributed by atoms with Gasteiger partial charge in [-0.05, 0) is 68.9 Å². The van der Waals surface area contributed by atoms with Crippen molar-refractivity contribution in [3.63, 3.8) is 0 Å². The molecule has 0 radical (unpaired) electrons. The Labute approximate surface area is 202 Å². The lowest BCUT2D eigenvalue weighted by Crippen LogP contribution is -2.46. The average Bonchev–Trinajstić information content (AvgIpc) is 3.30. The molecule has 2 heterocycles. The van der Waals surface area contributed by atoms with Crippen molar-refractivity contribution in [1.82, 2.24) is 15.5 Å². The third-order valence-corrected chi connectivity index (χ3v) is 6.21. The highest BCUT2D eigenvalue weighted by Crippen LogP contribution is 2.39. The normalized spacial score (nSPS) is 16.1. The van der Waals surface area contributed by atoms with Gasteiger partial charge in [0.1, 0.15) is 5.82 Å². The van der Waals surface area contributed by atoms with Crippen molar-refractivity contribution in [2.45, 2.75) is 26.8 Å².